The second-order valence-corrected chi connectivity index (χ2v) is 4.49. The predicted octanol–water partition coefficient (Wildman–Crippen LogP) is 4.70. The lowest BCUT2D eigenvalue weighted by Crippen LogP contribution is -2.17. The molecule has 0 saturated heterocycles. The minimum atomic E-state index is 0.502. The summed E-state index contributed by atoms with van der Waals surface area (Å²) in [4.78, 5) is 0. The van der Waals surface area contributed by atoms with Crippen LogP contribution in [0.2, 0.25) is 5.02 Å². The van der Waals surface area contributed by atoms with E-state index in [4.69, 9.17) is 11.6 Å². The zero-order chi connectivity index (χ0) is 10.6. The molecule has 0 aliphatic carbocycles. The average molecular weight is 277 g/mol. The monoisotopic (exact) mass is 275 g/mol. The molecule has 0 fully saturated rings. The van der Waals surface area contributed by atoms with Crippen LogP contribution in [0.25, 0.3) is 0 Å². The van der Waals surface area contributed by atoms with Gasteiger partial charge in [-0.05, 0) is 40.9 Å². The lowest BCUT2D eigenvalue weighted by molar-refractivity contribution is 0.672. The largest absolute Gasteiger partial charge is 0.381 e. The van der Waals surface area contributed by atoms with Crippen molar-refractivity contribution in [1.82, 2.24) is 0 Å². The normalized spacial score (nSPS) is 10.6. The molecule has 0 spiro atoms. The maximum atomic E-state index is 6.14. The fraction of sp³-hybridized carbons (Fsp3) is 0.455. The number of rotatable bonds is 4. The average Bonchev–Trinajstić information content (AvgIpc) is 2.20. The molecule has 78 valence electrons. The van der Waals surface area contributed by atoms with Gasteiger partial charge in [0.1, 0.15) is 0 Å². The topological polar surface area (TPSA) is 12.0 Å². The Labute approximate surface area is 99.0 Å². The van der Waals surface area contributed by atoms with Crippen LogP contribution in [-0.2, 0) is 0 Å². The summed E-state index contributed by atoms with van der Waals surface area (Å²) in [7, 11) is 0. The summed E-state index contributed by atoms with van der Waals surface area (Å²) in [5.74, 6) is 0. The van der Waals surface area contributed by atoms with Crippen molar-refractivity contribution in [3.05, 3.63) is 27.7 Å². The van der Waals surface area contributed by atoms with Crippen LogP contribution < -0.4 is 5.32 Å². The number of halogens is 2. The molecule has 14 heavy (non-hydrogen) atoms. The quantitative estimate of drug-likeness (QED) is 0.840. The van der Waals surface area contributed by atoms with E-state index in [1.54, 1.807) is 0 Å². The Bertz CT molecular complexity index is 297. The van der Waals surface area contributed by atoms with E-state index in [1.165, 1.54) is 0 Å². The molecule has 0 unspecified atom stereocenters. The molecule has 1 aromatic carbocycles. The first kappa shape index (κ1) is 11.9. The molecule has 0 amide bonds. The van der Waals surface area contributed by atoms with Crippen LogP contribution in [0.3, 0.4) is 0 Å². The molecule has 1 nitrogen and oxygen atoms in total. The second-order valence-electron chi connectivity index (χ2n) is 3.26. The minimum absolute atomic E-state index is 0.502. The van der Waals surface area contributed by atoms with Crippen molar-refractivity contribution in [2.24, 2.45) is 0 Å². The van der Waals surface area contributed by atoms with Crippen LogP contribution in [0.15, 0.2) is 22.7 Å². The van der Waals surface area contributed by atoms with Crippen LogP contribution in [0.1, 0.15) is 26.7 Å². The summed E-state index contributed by atoms with van der Waals surface area (Å²) in [6.45, 7) is 4.35. The van der Waals surface area contributed by atoms with Gasteiger partial charge in [-0.15, -0.1) is 0 Å². The SMILES string of the molecule is CCC(CC)Nc1cccc(Br)c1Cl. The smallest absolute Gasteiger partial charge is 0.0779 e. The van der Waals surface area contributed by atoms with Gasteiger partial charge in [0.05, 0.1) is 10.7 Å². The van der Waals surface area contributed by atoms with E-state index in [2.05, 4.69) is 35.1 Å². The fourth-order valence-electron chi connectivity index (χ4n) is 1.33. The van der Waals surface area contributed by atoms with Crippen molar-refractivity contribution in [2.75, 3.05) is 5.32 Å². The van der Waals surface area contributed by atoms with Crippen molar-refractivity contribution < 1.29 is 0 Å². The van der Waals surface area contributed by atoms with Crippen LogP contribution in [0, 0.1) is 0 Å². The molecule has 1 rings (SSSR count). The van der Waals surface area contributed by atoms with Gasteiger partial charge in [-0.1, -0.05) is 31.5 Å². The Hall–Kier alpha value is -0.210. The molecular formula is C11H15BrClN. The molecule has 0 atom stereocenters. The summed E-state index contributed by atoms with van der Waals surface area (Å²) in [6, 6.07) is 6.44. The molecule has 0 aliphatic heterocycles. The molecule has 0 bridgehead atoms. The summed E-state index contributed by atoms with van der Waals surface area (Å²) in [6.07, 6.45) is 2.22. The minimum Gasteiger partial charge on any atom is -0.381 e. The van der Waals surface area contributed by atoms with Gasteiger partial charge in [-0.2, -0.15) is 0 Å². The van der Waals surface area contributed by atoms with E-state index in [-0.39, 0.29) is 0 Å². The van der Waals surface area contributed by atoms with Crippen LogP contribution in [-0.4, -0.2) is 6.04 Å². The molecule has 1 N–H and O–H groups in total. The number of hydrogen-bond acceptors (Lipinski definition) is 1. The zero-order valence-electron chi connectivity index (χ0n) is 8.48. The molecule has 0 saturated carbocycles. The van der Waals surface area contributed by atoms with E-state index in [1.807, 2.05) is 18.2 Å². The Morgan fingerprint density at radius 3 is 2.57 bits per heavy atom. The Morgan fingerprint density at radius 1 is 1.36 bits per heavy atom. The standard InChI is InChI=1S/C11H15BrClN/c1-3-8(4-2)14-10-7-5-6-9(12)11(10)13/h5-8,14H,3-4H2,1-2H3. The Kier molecular flexibility index (Phi) is 4.76. The van der Waals surface area contributed by atoms with E-state index < -0.39 is 0 Å². The van der Waals surface area contributed by atoms with E-state index >= 15 is 0 Å². The first-order valence-electron chi connectivity index (χ1n) is 4.89. The molecule has 3 heteroatoms. The van der Waals surface area contributed by atoms with Gasteiger partial charge in [0.25, 0.3) is 0 Å². The van der Waals surface area contributed by atoms with E-state index in [9.17, 15) is 0 Å². The maximum Gasteiger partial charge on any atom is 0.0779 e. The first-order chi connectivity index (χ1) is 6.69. The van der Waals surface area contributed by atoms with Gasteiger partial charge in [-0.25, -0.2) is 0 Å². The summed E-state index contributed by atoms with van der Waals surface area (Å²) >= 11 is 9.55. The van der Waals surface area contributed by atoms with E-state index in [0.29, 0.717) is 6.04 Å². The molecule has 0 radical (unpaired) electrons. The van der Waals surface area contributed by atoms with Gasteiger partial charge in [-0.3, -0.25) is 0 Å². The van der Waals surface area contributed by atoms with Crippen molar-refractivity contribution in [3.63, 3.8) is 0 Å². The van der Waals surface area contributed by atoms with Gasteiger partial charge >= 0.3 is 0 Å². The summed E-state index contributed by atoms with van der Waals surface area (Å²) < 4.78 is 0.940. The highest BCUT2D eigenvalue weighted by Crippen LogP contribution is 2.30. The first-order valence-corrected chi connectivity index (χ1v) is 6.06. The van der Waals surface area contributed by atoms with Crippen LogP contribution >= 0.6 is 27.5 Å². The highest BCUT2D eigenvalue weighted by Gasteiger charge is 2.07. The molecule has 1 aromatic rings. The van der Waals surface area contributed by atoms with Gasteiger partial charge < -0.3 is 5.32 Å². The van der Waals surface area contributed by atoms with Crippen molar-refractivity contribution in [3.8, 4) is 0 Å². The Morgan fingerprint density at radius 2 is 2.00 bits per heavy atom. The van der Waals surface area contributed by atoms with Gasteiger partial charge in [0.2, 0.25) is 0 Å². The van der Waals surface area contributed by atoms with Crippen molar-refractivity contribution in [2.45, 2.75) is 32.7 Å². The molecule has 0 heterocycles. The highest BCUT2D eigenvalue weighted by molar-refractivity contribution is 9.10. The predicted molar refractivity (Wildman–Crippen MR) is 67.1 cm³/mol. The van der Waals surface area contributed by atoms with E-state index in [0.717, 1.165) is 28.0 Å². The third-order valence-electron chi connectivity index (χ3n) is 2.30. The van der Waals surface area contributed by atoms with Crippen molar-refractivity contribution in [1.29, 1.82) is 0 Å². The lowest BCUT2D eigenvalue weighted by atomic mass is 10.1. The maximum absolute atomic E-state index is 6.14. The Balaban J connectivity index is 2.80. The summed E-state index contributed by atoms with van der Waals surface area (Å²) in [5.41, 5.74) is 1.01. The van der Waals surface area contributed by atoms with Gasteiger partial charge in [0.15, 0.2) is 0 Å². The highest BCUT2D eigenvalue weighted by atomic mass is 79.9. The third-order valence-corrected chi connectivity index (χ3v) is 3.59. The lowest BCUT2D eigenvalue weighted by Gasteiger charge is -2.17. The number of hydrogen-bond donors (Lipinski definition) is 1. The molecule has 0 aliphatic rings. The summed E-state index contributed by atoms with van der Waals surface area (Å²) in [5, 5.41) is 4.19. The van der Waals surface area contributed by atoms with Crippen LogP contribution in [0.4, 0.5) is 5.69 Å². The number of anilines is 1. The third kappa shape index (κ3) is 2.89. The van der Waals surface area contributed by atoms with Gasteiger partial charge in [0, 0.05) is 10.5 Å². The van der Waals surface area contributed by atoms with Crippen molar-refractivity contribution >= 4 is 33.2 Å². The molecular weight excluding hydrogens is 261 g/mol. The second kappa shape index (κ2) is 5.62. The number of benzene rings is 1. The number of nitrogens with one attached hydrogen (secondary N) is 1. The molecule has 0 aromatic heterocycles. The van der Waals surface area contributed by atoms with Crippen LogP contribution in [0.5, 0.6) is 0 Å². The fourth-order valence-corrected chi connectivity index (χ4v) is 1.87. The zero-order valence-corrected chi connectivity index (χ0v) is 10.8.